The molecular formula is C15H16FN3O2. The summed E-state index contributed by atoms with van der Waals surface area (Å²) in [5.41, 5.74) is 1.44. The molecule has 1 aliphatic rings. The van der Waals surface area contributed by atoms with Crippen molar-refractivity contribution in [2.24, 2.45) is 0 Å². The van der Waals surface area contributed by atoms with E-state index >= 15 is 0 Å². The van der Waals surface area contributed by atoms with E-state index in [9.17, 15) is 14.3 Å². The second-order valence-corrected chi connectivity index (χ2v) is 5.13. The highest BCUT2D eigenvalue weighted by molar-refractivity contribution is 5.82. The van der Waals surface area contributed by atoms with Crippen molar-refractivity contribution in [1.82, 2.24) is 15.2 Å². The molecule has 0 saturated carbocycles. The van der Waals surface area contributed by atoms with E-state index in [0.717, 1.165) is 12.1 Å². The number of carboxylic acids is 1. The van der Waals surface area contributed by atoms with Crippen molar-refractivity contribution in [2.75, 3.05) is 19.6 Å². The first-order chi connectivity index (χ1) is 10.2. The summed E-state index contributed by atoms with van der Waals surface area (Å²) in [5, 5.41) is 12.8. The molecule has 1 saturated heterocycles. The Hall–Kier alpha value is -2.05. The summed E-state index contributed by atoms with van der Waals surface area (Å²) in [6.07, 6.45) is 1.62. The van der Waals surface area contributed by atoms with Gasteiger partial charge in [0, 0.05) is 37.8 Å². The fourth-order valence-electron chi connectivity index (χ4n) is 2.72. The minimum absolute atomic E-state index is 0.308. The van der Waals surface area contributed by atoms with Crippen LogP contribution in [0.25, 0.3) is 10.9 Å². The zero-order valence-corrected chi connectivity index (χ0v) is 11.4. The van der Waals surface area contributed by atoms with E-state index < -0.39 is 12.0 Å². The minimum Gasteiger partial charge on any atom is -0.480 e. The fraction of sp³-hybridized carbons (Fsp3) is 0.333. The summed E-state index contributed by atoms with van der Waals surface area (Å²) in [6.45, 7) is 2.26. The number of hydrogen-bond acceptors (Lipinski definition) is 4. The van der Waals surface area contributed by atoms with Crippen LogP contribution in [0.5, 0.6) is 0 Å². The number of piperazine rings is 1. The van der Waals surface area contributed by atoms with E-state index in [1.165, 1.54) is 6.07 Å². The lowest BCUT2D eigenvalue weighted by Crippen LogP contribution is -2.54. The predicted octanol–water partition coefficient (Wildman–Crippen LogP) is 1.23. The molecule has 1 aliphatic heterocycles. The zero-order chi connectivity index (χ0) is 14.8. The Morgan fingerprint density at radius 1 is 1.48 bits per heavy atom. The predicted molar refractivity (Wildman–Crippen MR) is 76.4 cm³/mol. The smallest absolute Gasteiger partial charge is 0.322 e. The van der Waals surface area contributed by atoms with Gasteiger partial charge in [-0.3, -0.25) is 14.7 Å². The van der Waals surface area contributed by atoms with Gasteiger partial charge in [-0.2, -0.15) is 0 Å². The molecule has 0 spiro atoms. The Bertz CT molecular complexity index is 677. The first-order valence-corrected chi connectivity index (χ1v) is 6.86. The fourth-order valence-corrected chi connectivity index (χ4v) is 2.72. The average Bonchev–Trinajstić information content (AvgIpc) is 2.51. The molecule has 1 unspecified atom stereocenters. The van der Waals surface area contributed by atoms with Gasteiger partial charge in [0.05, 0.1) is 5.52 Å². The van der Waals surface area contributed by atoms with Gasteiger partial charge in [0.2, 0.25) is 0 Å². The molecule has 6 heteroatoms. The molecule has 1 aromatic carbocycles. The molecule has 0 bridgehead atoms. The highest BCUT2D eigenvalue weighted by atomic mass is 19.1. The summed E-state index contributed by atoms with van der Waals surface area (Å²) < 4.78 is 13.8. The molecule has 3 rings (SSSR count). The number of halogens is 1. The van der Waals surface area contributed by atoms with Gasteiger partial charge in [-0.1, -0.05) is 6.07 Å². The highest BCUT2D eigenvalue weighted by Gasteiger charge is 2.28. The van der Waals surface area contributed by atoms with Crippen molar-refractivity contribution in [1.29, 1.82) is 0 Å². The van der Waals surface area contributed by atoms with Crippen molar-refractivity contribution < 1.29 is 14.3 Å². The summed E-state index contributed by atoms with van der Waals surface area (Å²) in [6, 6.07) is 5.92. The van der Waals surface area contributed by atoms with Gasteiger partial charge in [0.25, 0.3) is 0 Å². The van der Waals surface area contributed by atoms with Gasteiger partial charge < -0.3 is 10.4 Å². The topological polar surface area (TPSA) is 65.5 Å². The molecule has 2 aromatic rings. The number of rotatable bonds is 3. The standard InChI is InChI=1S/C15H16FN3O2/c16-12-4-3-10(14-11(12)2-1-5-18-14)9-19-7-6-17-8-13(19)15(20)21/h1-5,13,17H,6-9H2,(H,20,21). The molecule has 1 aromatic heterocycles. The summed E-state index contributed by atoms with van der Waals surface area (Å²) in [5.74, 6) is -1.15. The molecule has 1 fully saturated rings. The third-order valence-electron chi connectivity index (χ3n) is 3.81. The molecule has 5 nitrogen and oxygen atoms in total. The normalized spacial score (nSPS) is 19.8. The van der Waals surface area contributed by atoms with Crippen LogP contribution in [0, 0.1) is 5.82 Å². The Morgan fingerprint density at radius 2 is 2.33 bits per heavy atom. The van der Waals surface area contributed by atoms with Gasteiger partial charge in [-0.15, -0.1) is 0 Å². The second-order valence-electron chi connectivity index (χ2n) is 5.13. The highest BCUT2D eigenvalue weighted by Crippen LogP contribution is 2.22. The minimum atomic E-state index is -0.846. The third-order valence-corrected chi connectivity index (χ3v) is 3.81. The monoisotopic (exact) mass is 289 g/mol. The number of aromatic nitrogens is 1. The van der Waals surface area contributed by atoms with Gasteiger partial charge in [0.1, 0.15) is 11.9 Å². The first kappa shape index (κ1) is 13.9. The molecular weight excluding hydrogens is 273 g/mol. The molecule has 1 atom stereocenters. The Morgan fingerprint density at radius 3 is 3.14 bits per heavy atom. The van der Waals surface area contributed by atoms with Crippen LogP contribution in [0.1, 0.15) is 5.56 Å². The van der Waals surface area contributed by atoms with Crippen molar-refractivity contribution in [3.8, 4) is 0 Å². The summed E-state index contributed by atoms with van der Waals surface area (Å²) in [4.78, 5) is 17.5. The van der Waals surface area contributed by atoms with Gasteiger partial charge >= 0.3 is 5.97 Å². The van der Waals surface area contributed by atoms with Crippen LogP contribution >= 0.6 is 0 Å². The number of nitrogens with one attached hydrogen (secondary N) is 1. The van der Waals surface area contributed by atoms with Gasteiger partial charge in [0.15, 0.2) is 0 Å². The summed E-state index contributed by atoms with van der Waals surface area (Å²) in [7, 11) is 0. The quantitative estimate of drug-likeness (QED) is 0.890. The Labute approximate surface area is 121 Å². The second kappa shape index (κ2) is 5.75. The first-order valence-electron chi connectivity index (χ1n) is 6.86. The third kappa shape index (κ3) is 2.72. The lowest BCUT2D eigenvalue weighted by atomic mass is 10.1. The number of pyridine rings is 1. The van der Waals surface area contributed by atoms with Crippen LogP contribution in [0.3, 0.4) is 0 Å². The van der Waals surface area contributed by atoms with Crippen molar-refractivity contribution >= 4 is 16.9 Å². The SMILES string of the molecule is O=C(O)C1CNCCN1Cc1ccc(F)c2cccnc12. The zero-order valence-electron chi connectivity index (χ0n) is 11.4. The van der Waals surface area contributed by atoms with Crippen LogP contribution in [0.4, 0.5) is 4.39 Å². The molecule has 0 radical (unpaired) electrons. The largest absolute Gasteiger partial charge is 0.480 e. The molecule has 110 valence electrons. The number of nitrogens with zero attached hydrogens (tertiary/aromatic N) is 2. The number of carbonyl (C=O) groups is 1. The van der Waals surface area contributed by atoms with E-state index in [2.05, 4.69) is 10.3 Å². The van der Waals surface area contributed by atoms with E-state index in [1.54, 1.807) is 24.4 Å². The Kier molecular flexibility index (Phi) is 3.81. The average molecular weight is 289 g/mol. The van der Waals surface area contributed by atoms with Crippen LogP contribution in [0.2, 0.25) is 0 Å². The molecule has 0 aliphatic carbocycles. The van der Waals surface area contributed by atoms with Crippen LogP contribution in [0.15, 0.2) is 30.5 Å². The molecule has 2 heterocycles. The van der Waals surface area contributed by atoms with E-state index in [0.29, 0.717) is 30.5 Å². The van der Waals surface area contributed by atoms with Gasteiger partial charge in [-0.25, -0.2) is 4.39 Å². The maximum atomic E-state index is 13.8. The van der Waals surface area contributed by atoms with Gasteiger partial charge in [-0.05, 0) is 23.8 Å². The maximum absolute atomic E-state index is 13.8. The lowest BCUT2D eigenvalue weighted by molar-refractivity contribution is -0.144. The maximum Gasteiger partial charge on any atom is 0.322 e. The summed E-state index contributed by atoms with van der Waals surface area (Å²) >= 11 is 0. The number of benzene rings is 1. The van der Waals surface area contributed by atoms with Crippen LogP contribution < -0.4 is 5.32 Å². The number of aliphatic carboxylic acids is 1. The van der Waals surface area contributed by atoms with Crippen molar-refractivity contribution in [2.45, 2.75) is 12.6 Å². The van der Waals surface area contributed by atoms with Crippen LogP contribution in [-0.4, -0.2) is 46.6 Å². The number of hydrogen-bond donors (Lipinski definition) is 2. The molecule has 2 N–H and O–H groups in total. The number of fused-ring (bicyclic) bond motifs is 1. The lowest BCUT2D eigenvalue weighted by Gasteiger charge is -2.33. The number of carboxylic acid groups (broad SMARTS) is 1. The van der Waals surface area contributed by atoms with E-state index in [1.807, 2.05) is 4.90 Å². The van der Waals surface area contributed by atoms with E-state index in [-0.39, 0.29) is 5.82 Å². The van der Waals surface area contributed by atoms with E-state index in [4.69, 9.17) is 0 Å². The van der Waals surface area contributed by atoms with Crippen LogP contribution in [-0.2, 0) is 11.3 Å². The Balaban J connectivity index is 1.94. The van der Waals surface area contributed by atoms with Crippen molar-refractivity contribution in [3.05, 3.63) is 41.8 Å². The van der Waals surface area contributed by atoms with Crippen molar-refractivity contribution in [3.63, 3.8) is 0 Å². The molecule has 0 amide bonds. The molecule has 21 heavy (non-hydrogen) atoms.